The SMILES string of the molecule is CC1(CO)OC(N/C=C\C(=N)N)C(F)C1O. The molecule has 0 amide bonds. The number of ether oxygens (including phenoxy) is 1. The Kier molecular flexibility index (Phi) is 3.84. The molecule has 1 rings (SSSR count). The molecule has 1 aliphatic rings. The molecule has 1 saturated heterocycles. The van der Waals surface area contributed by atoms with Crippen LogP contribution in [0.5, 0.6) is 0 Å². The summed E-state index contributed by atoms with van der Waals surface area (Å²) in [6, 6.07) is 0. The van der Waals surface area contributed by atoms with Crippen LogP contribution in [0.25, 0.3) is 0 Å². The quantitative estimate of drug-likeness (QED) is 0.310. The van der Waals surface area contributed by atoms with Gasteiger partial charge in [-0.1, -0.05) is 0 Å². The molecule has 0 aromatic heterocycles. The molecule has 1 heterocycles. The number of nitrogens with one attached hydrogen (secondary N) is 2. The topological polar surface area (TPSA) is 112 Å². The number of aliphatic hydroxyl groups is 2. The second-order valence-corrected chi connectivity index (χ2v) is 3.85. The van der Waals surface area contributed by atoms with Crippen molar-refractivity contribution in [1.29, 1.82) is 5.41 Å². The fraction of sp³-hybridized carbons (Fsp3) is 0.667. The van der Waals surface area contributed by atoms with E-state index in [0.29, 0.717) is 0 Å². The number of nitrogens with two attached hydrogens (primary N) is 1. The summed E-state index contributed by atoms with van der Waals surface area (Å²) in [4.78, 5) is 0. The molecule has 7 heteroatoms. The van der Waals surface area contributed by atoms with E-state index in [1.54, 1.807) is 0 Å². The summed E-state index contributed by atoms with van der Waals surface area (Å²) >= 11 is 0. The van der Waals surface area contributed by atoms with Gasteiger partial charge in [0.2, 0.25) is 0 Å². The second kappa shape index (κ2) is 4.77. The maximum absolute atomic E-state index is 13.5. The van der Waals surface area contributed by atoms with Crippen molar-refractivity contribution in [2.24, 2.45) is 5.73 Å². The molecule has 1 aliphatic heterocycles. The number of amidine groups is 1. The predicted molar refractivity (Wildman–Crippen MR) is 55.5 cm³/mol. The molecule has 16 heavy (non-hydrogen) atoms. The Hall–Kier alpha value is -1.18. The molecule has 0 aromatic rings. The molecule has 0 aliphatic carbocycles. The number of hydrogen-bond donors (Lipinski definition) is 5. The van der Waals surface area contributed by atoms with Crippen LogP contribution in [0.2, 0.25) is 0 Å². The average molecular weight is 233 g/mol. The fourth-order valence-corrected chi connectivity index (χ4v) is 1.42. The number of rotatable bonds is 4. The third-order valence-corrected chi connectivity index (χ3v) is 2.45. The zero-order valence-corrected chi connectivity index (χ0v) is 8.85. The Labute approximate surface area is 92.4 Å². The van der Waals surface area contributed by atoms with Crippen molar-refractivity contribution in [3.8, 4) is 0 Å². The third-order valence-electron chi connectivity index (χ3n) is 2.45. The second-order valence-electron chi connectivity index (χ2n) is 3.85. The van der Waals surface area contributed by atoms with Crippen molar-refractivity contribution >= 4 is 5.84 Å². The number of hydrogen-bond acceptors (Lipinski definition) is 5. The van der Waals surface area contributed by atoms with Crippen LogP contribution >= 0.6 is 0 Å². The lowest BCUT2D eigenvalue weighted by atomic mass is 9.99. The molecule has 6 N–H and O–H groups in total. The van der Waals surface area contributed by atoms with Crippen molar-refractivity contribution in [3.05, 3.63) is 12.3 Å². The van der Waals surface area contributed by atoms with E-state index in [0.717, 1.165) is 0 Å². The van der Waals surface area contributed by atoms with E-state index in [9.17, 15) is 9.50 Å². The minimum Gasteiger partial charge on any atom is -0.393 e. The van der Waals surface area contributed by atoms with Gasteiger partial charge in [-0.3, -0.25) is 5.41 Å². The third kappa shape index (κ3) is 2.49. The van der Waals surface area contributed by atoms with E-state index in [1.165, 1.54) is 19.2 Å². The summed E-state index contributed by atoms with van der Waals surface area (Å²) in [5, 5.41) is 27.9. The monoisotopic (exact) mass is 233 g/mol. The molecular weight excluding hydrogens is 217 g/mol. The summed E-state index contributed by atoms with van der Waals surface area (Å²) in [6.45, 7) is 0.934. The van der Waals surface area contributed by atoms with Gasteiger partial charge < -0.3 is 26.0 Å². The molecule has 4 atom stereocenters. The lowest BCUT2D eigenvalue weighted by Gasteiger charge is -2.24. The highest BCUT2D eigenvalue weighted by molar-refractivity contribution is 5.88. The normalized spacial score (nSPS) is 39.1. The highest BCUT2D eigenvalue weighted by atomic mass is 19.1. The maximum atomic E-state index is 13.5. The zero-order chi connectivity index (χ0) is 12.3. The molecule has 0 spiro atoms. The first-order valence-corrected chi connectivity index (χ1v) is 4.78. The smallest absolute Gasteiger partial charge is 0.173 e. The molecule has 1 fully saturated rings. The first kappa shape index (κ1) is 12.9. The molecular formula is C9H16FN3O3. The van der Waals surface area contributed by atoms with Gasteiger partial charge in [-0.2, -0.15) is 0 Å². The van der Waals surface area contributed by atoms with Crippen LogP contribution in [-0.2, 0) is 4.74 Å². The lowest BCUT2D eigenvalue weighted by molar-refractivity contribution is -0.102. The van der Waals surface area contributed by atoms with Gasteiger partial charge in [0.1, 0.15) is 17.5 Å². The van der Waals surface area contributed by atoms with Crippen LogP contribution in [0.1, 0.15) is 6.92 Å². The van der Waals surface area contributed by atoms with Crippen molar-refractivity contribution < 1.29 is 19.3 Å². The first-order valence-electron chi connectivity index (χ1n) is 4.78. The maximum Gasteiger partial charge on any atom is 0.173 e. The van der Waals surface area contributed by atoms with E-state index in [4.69, 9.17) is 21.0 Å². The fourth-order valence-electron chi connectivity index (χ4n) is 1.42. The molecule has 0 bridgehead atoms. The van der Waals surface area contributed by atoms with E-state index in [-0.39, 0.29) is 5.84 Å². The molecule has 92 valence electrons. The predicted octanol–water partition coefficient (Wildman–Crippen LogP) is -1.17. The van der Waals surface area contributed by atoms with Crippen molar-refractivity contribution in [1.82, 2.24) is 5.32 Å². The van der Waals surface area contributed by atoms with Crippen LogP contribution in [0.4, 0.5) is 4.39 Å². The Bertz CT molecular complexity index is 300. The van der Waals surface area contributed by atoms with Crippen molar-refractivity contribution in [2.45, 2.75) is 31.0 Å². The van der Waals surface area contributed by atoms with Gasteiger partial charge in [-0.15, -0.1) is 0 Å². The highest BCUT2D eigenvalue weighted by Gasteiger charge is 2.51. The minimum atomic E-state index is -1.66. The number of aliphatic hydroxyl groups excluding tert-OH is 2. The van der Waals surface area contributed by atoms with Gasteiger partial charge >= 0.3 is 0 Å². The van der Waals surface area contributed by atoms with Crippen molar-refractivity contribution in [2.75, 3.05) is 6.61 Å². The Morgan fingerprint density at radius 3 is 2.81 bits per heavy atom. The van der Waals surface area contributed by atoms with Gasteiger partial charge in [0.25, 0.3) is 0 Å². The van der Waals surface area contributed by atoms with Gasteiger partial charge in [-0.25, -0.2) is 4.39 Å². The van der Waals surface area contributed by atoms with Gasteiger partial charge in [0, 0.05) is 6.20 Å². The zero-order valence-electron chi connectivity index (χ0n) is 8.85. The van der Waals surface area contributed by atoms with Crippen LogP contribution in [0.15, 0.2) is 12.3 Å². The van der Waals surface area contributed by atoms with Gasteiger partial charge in [-0.05, 0) is 13.0 Å². The summed E-state index contributed by atoms with van der Waals surface area (Å²) in [5.41, 5.74) is 3.73. The van der Waals surface area contributed by atoms with E-state index >= 15 is 0 Å². The highest BCUT2D eigenvalue weighted by Crippen LogP contribution is 2.31. The van der Waals surface area contributed by atoms with E-state index in [1.807, 2.05) is 0 Å². The van der Waals surface area contributed by atoms with Crippen LogP contribution < -0.4 is 11.1 Å². The van der Waals surface area contributed by atoms with Crippen molar-refractivity contribution in [3.63, 3.8) is 0 Å². The van der Waals surface area contributed by atoms with Crippen LogP contribution in [-0.4, -0.2) is 46.8 Å². The first-order chi connectivity index (χ1) is 7.40. The van der Waals surface area contributed by atoms with E-state index in [2.05, 4.69) is 5.32 Å². The Morgan fingerprint density at radius 2 is 2.38 bits per heavy atom. The molecule has 0 radical (unpaired) electrons. The molecule has 6 nitrogen and oxygen atoms in total. The van der Waals surface area contributed by atoms with E-state index < -0.39 is 30.7 Å². The molecule has 0 saturated carbocycles. The Morgan fingerprint density at radius 1 is 1.75 bits per heavy atom. The summed E-state index contributed by atoms with van der Waals surface area (Å²) in [6.07, 6.45) is -1.65. The molecule has 4 unspecified atom stereocenters. The minimum absolute atomic E-state index is 0.189. The summed E-state index contributed by atoms with van der Waals surface area (Å²) in [5.74, 6) is -0.189. The number of alkyl halides is 1. The van der Waals surface area contributed by atoms with Gasteiger partial charge in [0.15, 0.2) is 12.4 Å². The average Bonchev–Trinajstić information content (AvgIpc) is 2.44. The standard InChI is InChI=1S/C9H16FN3O3/c1-9(4-14)7(15)6(10)8(16-9)13-3-2-5(11)12/h2-3,6-8,13-15H,4H2,1H3,(H3,11,12)/b3-2-. The summed E-state index contributed by atoms with van der Waals surface area (Å²) in [7, 11) is 0. The molecule has 0 aromatic carbocycles. The van der Waals surface area contributed by atoms with Crippen LogP contribution in [0, 0.1) is 5.41 Å². The number of halogens is 1. The van der Waals surface area contributed by atoms with Gasteiger partial charge in [0.05, 0.1) is 6.61 Å². The largest absolute Gasteiger partial charge is 0.393 e. The van der Waals surface area contributed by atoms with Crippen LogP contribution in [0.3, 0.4) is 0 Å². The summed E-state index contributed by atoms with van der Waals surface area (Å²) < 4.78 is 18.7. The Balaban J connectivity index is 2.61. The lowest BCUT2D eigenvalue weighted by Crippen LogP contribution is -2.42.